The molecule has 156 valence electrons. The zero-order valence-corrected chi connectivity index (χ0v) is 17.0. The van der Waals surface area contributed by atoms with Crippen LogP contribution in [-0.4, -0.2) is 49.8 Å². The fraction of sp³-hybridized carbons (Fsp3) is 0.381. The number of alkyl halides is 3. The number of thioether (sulfide) groups is 1. The van der Waals surface area contributed by atoms with Crippen molar-refractivity contribution >= 4 is 29.0 Å². The van der Waals surface area contributed by atoms with Gasteiger partial charge in [-0.1, -0.05) is 18.2 Å². The van der Waals surface area contributed by atoms with Gasteiger partial charge in [-0.15, -0.1) is 11.8 Å². The van der Waals surface area contributed by atoms with Gasteiger partial charge in [0.25, 0.3) is 0 Å². The van der Waals surface area contributed by atoms with Crippen LogP contribution >= 0.6 is 11.8 Å². The lowest BCUT2D eigenvalue weighted by atomic mass is 10.1. The number of nitrogens with one attached hydrogen (secondary N) is 1. The lowest BCUT2D eigenvalue weighted by molar-refractivity contribution is -0.137. The molecule has 1 heterocycles. The first kappa shape index (κ1) is 21.5. The van der Waals surface area contributed by atoms with E-state index in [4.69, 9.17) is 0 Å². The normalized spacial score (nSPS) is 15.4. The van der Waals surface area contributed by atoms with Gasteiger partial charge >= 0.3 is 6.18 Å². The molecule has 3 rings (SSSR count). The maximum Gasteiger partial charge on any atom is 0.416 e. The number of anilines is 2. The molecule has 0 bridgehead atoms. The zero-order chi connectivity index (χ0) is 20.9. The highest BCUT2D eigenvalue weighted by Gasteiger charge is 2.31. The molecular weight excluding hydrogens is 399 g/mol. The number of piperazine rings is 1. The van der Waals surface area contributed by atoms with Crippen molar-refractivity contribution in [3.63, 3.8) is 0 Å². The SMILES string of the molecule is CSc1ccccc1NC(=O)CCN1CCN(c2cccc(C(F)(F)F)c2)CC1. The van der Waals surface area contributed by atoms with Crippen molar-refractivity contribution < 1.29 is 18.0 Å². The summed E-state index contributed by atoms with van der Waals surface area (Å²) in [5.74, 6) is -0.0354. The third-order valence-corrected chi connectivity index (χ3v) is 5.74. The summed E-state index contributed by atoms with van der Waals surface area (Å²) >= 11 is 1.58. The summed E-state index contributed by atoms with van der Waals surface area (Å²) in [6, 6.07) is 13.1. The Morgan fingerprint density at radius 2 is 1.79 bits per heavy atom. The molecule has 4 nitrogen and oxygen atoms in total. The summed E-state index contributed by atoms with van der Waals surface area (Å²) in [6.07, 6.45) is -1.98. The number of amides is 1. The van der Waals surface area contributed by atoms with Crippen LogP contribution in [0.5, 0.6) is 0 Å². The predicted molar refractivity (Wildman–Crippen MR) is 112 cm³/mol. The van der Waals surface area contributed by atoms with Gasteiger partial charge in [0, 0.05) is 49.7 Å². The number of hydrogen-bond acceptors (Lipinski definition) is 4. The molecule has 29 heavy (non-hydrogen) atoms. The molecule has 0 spiro atoms. The average molecular weight is 424 g/mol. The van der Waals surface area contributed by atoms with Crippen LogP contribution in [-0.2, 0) is 11.0 Å². The standard InChI is InChI=1S/C21H24F3N3OS/c1-29-19-8-3-2-7-18(19)25-20(28)9-10-26-11-13-27(14-12-26)17-6-4-5-16(15-17)21(22,23)24/h2-8,15H,9-14H2,1H3,(H,25,28). The van der Waals surface area contributed by atoms with Crippen LogP contribution in [0.15, 0.2) is 53.4 Å². The fourth-order valence-electron chi connectivity index (χ4n) is 3.33. The smallest absolute Gasteiger partial charge is 0.369 e. The minimum Gasteiger partial charge on any atom is -0.369 e. The summed E-state index contributed by atoms with van der Waals surface area (Å²) < 4.78 is 38.7. The number of para-hydroxylation sites is 1. The molecule has 1 N–H and O–H groups in total. The van der Waals surface area contributed by atoms with Crippen molar-refractivity contribution in [1.29, 1.82) is 0 Å². The Morgan fingerprint density at radius 1 is 1.07 bits per heavy atom. The van der Waals surface area contributed by atoms with E-state index in [1.165, 1.54) is 12.1 Å². The second-order valence-electron chi connectivity index (χ2n) is 6.88. The van der Waals surface area contributed by atoms with E-state index in [0.717, 1.165) is 16.6 Å². The molecule has 8 heteroatoms. The highest BCUT2D eigenvalue weighted by molar-refractivity contribution is 7.98. The highest BCUT2D eigenvalue weighted by Crippen LogP contribution is 2.32. The van der Waals surface area contributed by atoms with Crippen molar-refractivity contribution in [2.75, 3.05) is 49.2 Å². The maximum absolute atomic E-state index is 12.9. The number of nitrogens with zero attached hydrogens (tertiary/aromatic N) is 2. The molecule has 1 aliphatic heterocycles. The van der Waals surface area contributed by atoms with Gasteiger partial charge in [-0.2, -0.15) is 13.2 Å². The molecule has 1 fully saturated rings. The van der Waals surface area contributed by atoms with Crippen LogP contribution in [0.2, 0.25) is 0 Å². The lowest BCUT2D eigenvalue weighted by Gasteiger charge is -2.36. The zero-order valence-electron chi connectivity index (χ0n) is 16.2. The molecule has 0 saturated carbocycles. The Morgan fingerprint density at radius 3 is 2.48 bits per heavy atom. The van der Waals surface area contributed by atoms with E-state index in [1.807, 2.05) is 35.4 Å². The summed E-state index contributed by atoms with van der Waals surface area (Å²) in [5, 5.41) is 2.95. The van der Waals surface area contributed by atoms with E-state index in [1.54, 1.807) is 17.8 Å². The second-order valence-corrected chi connectivity index (χ2v) is 7.72. The third-order valence-electron chi connectivity index (χ3n) is 4.95. The molecule has 0 radical (unpaired) electrons. The minimum atomic E-state index is -4.33. The van der Waals surface area contributed by atoms with Gasteiger partial charge in [0.05, 0.1) is 11.3 Å². The van der Waals surface area contributed by atoms with E-state index in [0.29, 0.717) is 44.8 Å². The highest BCUT2D eigenvalue weighted by atomic mass is 32.2. The van der Waals surface area contributed by atoms with Crippen LogP contribution in [0.1, 0.15) is 12.0 Å². The van der Waals surface area contributed by atoms with Gasteiger partial charge in [0.15, 0.2) is 0 Å². The third kappa shape index (κ3) is 5.90. The first-order chi connectivity index (χ1) is 13.9. The summed E-state index contributed by atoms with van der Waals surface area (Å²) in [5.41, 5.74) is 0.782. The van der Waals surface area contributed by atoms with Crippen LogP contribution in [0.4, 0.5) is 24.5 Å². The Kier molecular flexibility index (Phi) is 7.08. The van der Waals surface area contributed by atoms with Crippen molar-refractivity contribution in [1.82, 2.24) is 4.90 Å². The topological polar surface area (TPSA) is 35.6 Å². The quantitative estimate of drug-likeness (QED) is 0.690. The second kappa shape index (κ2) is 9.54. The molecule has 2 aromatic rings. The average Bonchev–Trinajstić information content (AvgIpc) is 2.72. The predicted octanol–water partition coefficient (Wildman–Crippen LogP) is 4.58. The summed E-state index contributed by atoms with van der Waals surface area (Å²) in [6.45, 7) is 3.33. The minimum absolute atomic E-state index is 0.0354. The summed E-state index contributed by atoms with van der Waals surface area (Å²) in [7, 11) is 0. The van der Waals surface area contributed by atoms with Crippen LogP contribution in [0.3, 0.4) is 0 Å². The molecule has 1 aliphatic rings. The number of rotatable bonds is 6. The Bertz CT molecular complexity index is 836. The number of halogens is 3. The molecule has 2 aromatic carbocycles. The van der Waals surface area contributed by atoms with Crippen molar-refractivity contribution in [2.45, 2.75) is 17.5 Å². The van der Waals surface area contributed by atoms with Gasteiger partial charge in [-0.05, 0) is 36.6 Å². The Labute approximate surface area is 173 Å². The molecular formula is C21H24F3N3OS. The lowest BCUT2D eigenvalue weighted by Crippen LogP contribution is -2.47. The van der Waals surface area contributed by atoms with E-state index in [2.05, 4.69) is 10.2 Å². The molecule has 1 amide bonds. The molecule has 0 unspecified atom stereocenters. The number of benzene rings is 2. The molecule has 0 atom stereocenters. The van der Waals surface area contributed by atoms with Crippen molar-refractivity contribution in [2.24, 2.45) is 0 Å². The van der Waals surface area contributed by atoms with Gasteiger partial charge in [-0.3, -0.25) is 9.69 Å². The van der Waals surface area contributed by atoms with E-state index >= 15 is 0 Å². The number of hydrogen-bond donors (Lipinski definition) is 1. The molecule has 1 saturated heterocycles. The van der Waals surface area contributed by atoms with E-state index in [9.17, 15) is 18.0 Å². The number of carbonyl (C=O) groups is 1. The van der Waals surface area contributed by atoms with Crippen LogP contribution in [0.25, 0.3) is 0 Å². The first-order valence-corrected chi connectivity index (χ1v) is 10.7. The van der Waals surface area contributed by atoms with Gasteiger partial charge in [0.2, 0.25) is 5.91 Å². The largest absolute Gasteiger partial charge is 0.416 e. The fourth-order valence-corrected chi connectivity index (χ4v) is 3.88. The number of carbonyl (C=O) groups excluding carboxylic acids is 1. The Balaban J connectivity index is 1.47. The first-order valence-electron chi connectivity index (χ1n) is 9.44. The van der Waals surface area contributed by atoms with Gasteiger partial charge in [0.1, 0.15) is 0 Å². The van der Waals surface area contributed by atoms with E-state index in [-0.39, 0.29) is 5.91 Å². The Hall–Kier alpha value is -2.19. The van der Waals surface area contributed by atoms with Gasteiger partial charge in [-0.25, -0.2) is 0 Å². The molecule has 0 aliphatic carbocycles. The van der Waals surface area contributed by atoms with Crippen LogP contribution < -0.4 is 10.2 Å². The van der Waals surface area contributed by atoms with Crippen molar-refractivity contribution in [3.05, 3.63) is 54.1 Å². The summed E-state index contributed by atoms with van der Waals surface area (Å²) in [4.78, 5) is 17.4. The van der Waals surface area contributed by atoms with Crippen molar-refractivity contribution in [3.8, 4) is 0 Å². The monoisotopic (exact) mass is 423 g/mol. The van der Waals surface area contributed by atoms with Crippen LogP contribution in [0, 0.1) is 0 Å². The van der Waals surface area contributed by atoms with Gasteiger partial charge < -0.3 is 10.2 Å². The maximum atomic E-state index is 12.9. The van der Waals surface area contributed by atoms with E-state index < -0.39 is 11.7 Å². The molecule has 0 aromatic heterocycles.